The SMILES string of the molecule is CC(C)(O)CCN(CC1CCCNC1)C1CC1. The number of piperidine rings is 1. The summed E-state index contributed by atoms with van der Waals surface area (Å²) < 4.78 is 0. The van der Waals surface area contributed by atoms with Crippen LogP contribution in [0.4, 0.5) is 0 Å². The Kier molecular flexibility index (Phi) is 4.45. The van der Waals surface area contributed by atoms with Crippen LogP contribution in [0.25, 0.3) is 0 Å². The molecule has 0 aromatic heterocycles. The summed E-state index contributed by atoms with van der Waals surface area (Å²) in [6.45, 7) is 8.51. The van der Waals surface area contributed by atoms with E-state index in [1.54, 1.807) is 0 Å². The highest BCUT2D eigenvalue weighted by Crippen LogP contribution is 2.29. The monoisotopic (exact) mass is 240 g/mol. The molecule has 0 amide bonds. The van der Waals surface area contributed by atoms with Gasteiger partial charge in [-0.1, -0.05) is 0 Å². The van der Waals surface area contributed by atoms with E-state index < -0.39 is 5.60 Å². The average molecular weight is 240 g/mol. The fourth-order valence-electron chi connectivity index (χ4n) is 2.69. The van der Waals surface area contributed by atoms with Crippen molar-refractivity contribution in [2.45, 2.75) is 57.6 Å². The third-order valence-electron chi connectivity index (χ3n) is 3.97. The minimum Gasteiger partial charge on any atom is -0.390 e. The molecule has 100 valence electrons. The van der Waals surface area contributed by atoms with Crippen LogP contribution >= 0.6 is 0 Å². The number of hydrogen-bond acceptors (Lipinski definition) is 3. The molecule has 1 atom stereocenters. The van der Waals surface area contributed by atoms with Gasteiger partial charge in [-0.05, 0) is 65.0 Å². The second-order valence-corrected chi connectivity index (χ2v) is 6.50. The van der Waals surface area contributed by atoms with Gasteiger partial charge in [0, 0.05) is 19.1 Å². The maximum Gasteiger partial charge on any atom is 0.0603 e. The number of rotatable bonds is 6. The van der Waals surface area contributed by atoms with Gasteiger partial charge in [-0.2, -0.15) is 0 Å². The van der Waals surface area contributed by atoms with E-state index in [0.717, 1.165) is 24.9 Å². The van der Waals surface area contributed by atoms with Crippen molar-refractivity contribution in [1.29, 1.82) is 0 Å². The molecule has 2 aliphatic rings. The van der Waals surface area contributed by atoms with E-state index in [4.69, 9.17) is 0 Å². The van der Waals surface area contributed by atoms with Gasteiger partial charge in [0.05, 0.1) is 5.60 Å². The van der Waals surface area contributed by atoms with Gasteiger partial charge in [0.15, 0.2) is 0 Å². The first-order chi connectivity index (χ1) is 8.04. The third-order valence-corrected chi connectivity index (χ3v) is 3.97. The minimum absolute atomic E-state index is 0.516. The van der Waals surface area contributed by atoms with Crippen LogP contribution in [0.1, 0.15) is 46.0 Å². The fraction of sp³-hybridized carbons (Fsp3) is 1.00. The lowest BCUT2D eigenvalue weighted by molar-refractivity contribution is 0.0532. The van der Waals surface area contributed by atoms with E-state index >= 15 is 0 Å². The molecule has 1 saturated carbocycles. The molecule has 0 aromatic carbocycles. The third kappa shape index (κ3) is 4.94. The van der Waals surface area contributed by atoms with Crippen molar-refractivity contribution in [3.63, 3.8) is 0 Å². The Balaban J connectivity index is 1.76. The zero-order valence-electron chi connectivity index (χ0n) is 11.4. The quantitative estimate of drug-likeness (QED) is 0.740. The Bertz CT molecular complexity index is 227. The van der Waals surface area contributed by atoms with Crippen molar-refractivity contribution in [3.8, 4) is 0 Å². The summed E-state index contributed by atoms with van der Waals surface area (Å²) in [6, 6.07) is 0.819. The lowest BCUT2D eigenvalue weighted by Gasteiger charge is -2.31. The topological polar surface area (TPSA) is 35.5 Å². The molecule has 1 aliphatic carbocycles. The maximum absolute atomic E-state index is 9.84. The van der Waals surface area contributed by atoms with Crippen LogP contribution in [0.2, 0.25) is 0 Å². The molecular weight excluding hydrogens is 212 g/mol. The Hall–Kier alpha value is -0.120. The summed E-state index contributed by atoms with van der Waals surface area (Å²) in [4.78, 5) is 2.62. The summed E-state index contributed by atoms with van der Waals surface area (Å²) in [7, 11) is 0. The van der Waals surface area contributed by atoms with Gasteiger partial charge in [0.25, 0.3) is 0 Å². The second kappa shape index (κ2) is 5.68. The second-order valence-electron chi connectivity index (χ2n) is 6.50. The Morgan fingerprint density at radius 3 is 2.59 bits per heavy atom. The average Bonchev–Trinajstić information content (AvgIpc) is 3.08. The molecule has 0 radical (unpaired) electrons. The highest BCUT2D eigenvalue weighted by atomic mass is 16.3. The van der Waals surface area contributed by atoms with E-state index in [1.165, 1.54) is 45.3 Å². The van der Waals surface area contributed by atoms with Crippen molar-refractivity contribution >= 4 is 0 Å². The molecule has 3 heteroatoms. The summed E-state index contributed by atoms with van der Waals surface area (Å²) in [6.07, 6.45) is 6.33. The van der Waals surface area contributed by atoms with Gasteiger partial charge < -0.3 is 10.4 Å². The highest BCUT2D eigenvalue weighted by Gasteiger charge is 2.31. The van der Waals surface area contributed by atoms with Gasteiger partial charge in [0.1, 0.15) is 0 Å². The van der Waals surface area contributed by atoms with E-state index in [9.17, 15) is 5.11 Å². The van der Waals surface area contributed by atoms with Crippen LogP contribution in [0.5, 0.6) is 0 Å². The van der Waals surface area contributed by atoms with Crippen molar-refractivity contribution in [2.24, 2.45) is 5.92 Å². The summed E-state index contributed by atoms with van der Waals surface area (Å²) >= 11 is 0. The molecular formula is C14H28N2O. The molecule has 1 saturated heterocycles. The summed E-state index contributed by atoms with van der Waals surface area (Å²) in [5.74, 6) is 0.825. The van der Waals surface area contributed by atoms with E-state index in [-0.39, 0.29) is 0 Å². The first-order valence-corrected chi connectivity index (χ1v) is 7.22. The largest absolute Gasteiger partial charge is 0.390 e. The van der Waals surface area contributed by atoms with E-state index in [1.807, 2.05) is 13.8 Å². The van der Waals surface area contributed by atoms with Gasteiger partial charge >= 0.3 is 0 Å². The van der Waals surface area contributed by atoms with Crippen LogP contribution < -0.4 is 5.32 Å². The van der Waals surface area contributed by atoms with E-state index in [0.29, 0.717) is 0 Å². The van der Waals surface area contributed by atoms with Crippen molar-refractivity contribution in [2.75, 3.05) is 26.2 Å². The molecule has 1 unspecified atom stereocenters. The Morgan fingerprint density at radius 1 is 1.29 bits per heavy atom. The minimum atomic E-state index is -0.516. The lowest BCUT2D eigenvalue weighted by atomic mass is 9.98. The van der Waals surface area contributed by atoms with Crippen LogP contribution in [0.3, 0.4) is 0 Å². The van der Waals surface area contributed by atoms with Gasteiger partial charge in [-0.25, -0.2) is 0 Å². The number of nitrogens with zero attached hydrogens (tertiary/aromatic N) is 1. The first-order valence-electron chi connectivity index (χ1n) is 7.22. The maximum atomic E-state index is 9.84. The molecule has 3 nitrogen and oxygen atoms in total. The molecule has 17 heavy (non-hydrogen) atoms. The van der Waals surface area contributed by atoms with Gasteiger partial charge in [-0.15, -0.1) is 0 Å². The fourth-order valence-corrected chi connectivity index (χ4v) is 2.69. The van der Waals surface area contributed by atoms with E-state index in [2.05, 4.69) is 10.2 Å². The van der Waals surface area contributed by atoms with Crippen LogP contribution in [-0.2, 0) is 0 Å². The van der Waals surface area contributed by atoms with Crippen LogP contribution in [-0.4, -0.2) is 47.8 Å². The molecule has 0 aromatic rings. The van der Waals surface area contributed by atoms with Crippen molar-refractivity contribution in [3.05, 3.63) is 0 Å². The smallest absolute Gasteiger partial charge is 0.0603 e. The molecule has 2 N–H and O–H groups in total. The Labute approximate surface area is 106 Å². The molecule has 2 rings (SSSR count). The number of nitrogens with one attached hydrogen (secondary N) is 1. The molecule has 2 fully saturated rings. The number of hydrogen-bond donors (Lipinski definition) is 2. The standard InChI is InChI=1S/C14H28N2O/c1-14(2,17)7-9-16(13-5-6-13)11-12-4-3-8-15-10-12/h12-13,15,17H,3-11H2,1-2H3. The summed E-state index contributed by atoms with van der Waals surface area (Å²) in [5, 5.41) is 13.3. The number of aliphatic hydroxyl groups is 1. The molecule has 1 heterocycles. The molecule has 0 spiro atoms. The highest BCUT2D eigenvalue weighted by molar-refractivity contribution is 4.87. The van der Waals surface area contributed by atoms with Crippen molar-refractivity contribution < 1.29 is 5.11 Å². The lowest BCUT2D eigenvalue weighted by Crippen LogP contribution is -2.41. The zero-order chi connectivity index (χ0) is 12.3. The Morgan fingerprint density at radius 2 is 2.06 bits per heavy atom. The first kappa shape index (κ1) is 13.3. The normalized spacial score (nSPS) is 26.5. The molecule has 0 bridgehead atoms. The van der Waals surface area contributed by atoms with Gasteiger partial charge in [-0.3, -0.25) is 4.90 Å². The van der Waals surface area contributed by atoms with Crippen LogP contribution in [0.15, 0.2) is 0 Å². The predicted octanol–water partition coefficient (Wildman–Crippen LogP) is 1.61. The molecule has 1 aliphatic heterocycles. The zero-order valence-corrected chi connectivity index (χ0v) is 11.4. The predicted molar refractivity (Wildman–Crippen MR) is 71.1 cm³/mol. The van der Waals surface area contributed by atoms with Crippen LogP contribution in [0, 0.1) is 5.92 Å². The van der Waals surface area contributed by atoms with Gasteiger partial charge in [0.2, 0.25) is 0 Å². The summed E-state index contributed by atoms with van der Waals surface area (Å²) in [5.41, 5.74) is -0.516. The van der Waals surface area contributed by atoms with Crippen molar-refractivity contribution in [1.82, 2.24) is 10.2 Å².